The van der Waals surface area contributed by atoms with Gasteiger partial charge < -0.3 is 10.1 Å². The number of carbonyl (C=O) groups excluding carboxylic acids is 2. The molecule has 1 aliphatic rings. The van der Waals surface area contributed by atoms with Gasteiger partial charge in [-0.25, -0.2) is 4.79 Å². The van der Waals surface area contributed by atoms with Crippen molar-refractivity contribution < 1.29 is 14.3 Å². The summed E-state index contributed by atoms with van der Waals surface area (Å²) >= 11 is 3.46. The minimum Gasteiger partial charge on any atom is -0.466 e. The molecule has 0 saturated heterocycles. The molecule has 1 amide bonds. The van der Waals surface area contributed by atoms with Crippen LogP contribution in [0.2, 0.25) is 0 Å². The van der Waals surface area contributed by atoms with Crippen molar-refractivity contribution in [2.45, 2.75) is 19.3 Å². The smallest absolute Gasteiger partial charge is 0.336 e. The van der Waals surface area contributed by atoms with Crippen molar-refractivity contribution in [3.8, 4) is 0 Å². The molecular formula is C14H14BrNO3. The fourth-order valence-corrected chi connectivity index (χ4v) is 2.87. The Hall–Kier alpha value is -1.62. The second kappa shape index (κ2) is 5.57. The lowest BCUT2D eigenvalue weighted by Gasteiger charge is -2.26. The zero-order valence-electron chi connectivity index (χ0n) is 10.7. The highest BCUT2D eigenvalue weighted by Crippen LogP contribution is 2.36. The third-order valence-corrected chi connectivity index (χ3v) is 3.88. The molecule has 0 bridgehead atoms. The molecule has 1 atom stereocenters. The minimum absolute atomic E-state index is 0.0918. The average Bonchev–Trinajstić information content (AvgIpc) is 2.37. The molecule has 2 rings (SSSR count). The maximum atomic E-state index is 11.9. The number of methoxy groups -OCH3 is 1. The van der Waals surface area contributed by atoms with Crippen molar-refractivity contribution >= 4 is 27.8 Å². The summed E-state index contributed by atoms with van der Waals surface area (Å²) in [5.74, 6) is -0.777. The number of nitrogens with one attached hydrogen (secondary N) is 1. The number of hydrogen-bond donors (Lipinski definition) is 1. The monoisotopic (exact) mass is 323 g/mol. The molecule has 1 aromatic rings. The molecule has 100 valence electrons. The van der Waals surface area contributed by atoms with Gasteiger partial charge >= 0.3 is 5.97 Å². The normalized spacial score (nSPS) is 19.1. The van der Waals surface area contributed by atoms with E-state index in [1.54, 1.807) is 6.92 Å². The van der Waals surface area contributed by atoms with Gasteiger partial charge in [-0.15, -0.1) is 0 Å². The highest BCUT2D eigenvalue weighted by molar-refractivity contribution is 9.10. The number of halogens is 1. The van der Waals surface area contributed by atoms with Gasteiger partial charge in [0.15, 0.2) is 0 Å². The van der Waals surface area contributed by atoms with Gasteiger partial charge in [0.05, 0.1) is 12.7 Å². The molecule has 0 aromatic heterocycles. The first-order valence-electron chi connectivity index (χ1n) is 5.88. The first kappa shape index (κ1) is 13.8. The van der Waals surface area contributed by atoms with Crippen LogP contribution >= 0.6 is 15.9 Å². The number of esters is 1. The fraction of sp³-hybridized carbons (Fsp3) is 0.286. The molecule has 5 heteroatoms. The molecular weight excluding hydrogens is 310 g/mol. The molecule has 0 spiro atoms. The topological polar surface area (TPSA) is 55.4 Å². The van der Waals surface area contributed by atoms with Gasteiger partial charge in [-0.1, -0.05) is 34.1 Å². The Kier molecular flexibility index (Phi) is 4.04. The van der Waals surface area contributed by atoms with Crippen molar-refractivity contribution in [1.29, 1.82) is 0 Å². The quantitative estimate of drug-likeness (QED) is 0.851. The van der Waals surface area contributed by atoms with Crippen LogP contribution in [0.4, 0.5) is 0 Å². The molecule has 0 saturated carbocycles. The van der Waals surface area contributed by atoms with E-state index in [1.807, 2.05) is 24.3 Å². The van der Waals surface area contributed by atoms with Crippen LogP contribution in [0.15, 0.2) is 40.0 Å². The third kappa shape index (κ3) is 2.71. The van der Waals surface area contributed by atoms with Gasteiger partial charge in [0, 0.05) is 22.5 Å². The summed E-state index contributed by atoms with van der Waals surface area (Å²) in [6.07, 6.45) is 0.240. The zero-order valence-corrected chi connectivity index (χ0v) is 12.3. The van der Waals surface area contributed by atoms with Gasteiger partial charge in [0.1, 0.15) is 0 Å². The standard InChI is InChI=1S/C14H14BrNO3/c1-8-13(14(18)19-2)10(7-12(17)16-8)9-5-3-4-6-11(9)15/h3-6,10H,7H2,1-2H3,(H,16,17)/t10-/m1/s1. The average molecular weight is 324 g/mol. The summed E-state index contributed by atoms with van der Waals surface area (Å²) in [5.41, 5.74) is 1.98. The summed E-state index contributed by atoms with van der Waals surface area (Å²) in [7, 11) is 1.34. The van der Waals surface area contributed by atoms with E-state index in [4.69, 9.17) is 4.74 Å². The lowest BCUT2D eigenvalue weighted by Crippen LogP contribution is -2.34. The van der Waals surface area contributed by atoms with Crippen LogP contribution in [0, 0.1) is 0 Å². The highest BCUT2D eigenvalue weighted by Gasteiger charge is 2.33. The molecule has 1 aliphatic heterocycles. The maximum Gasteiger partial charge on any atom is 0.336 e. The Labute approximate surface area is 120 Å². The lowest BCUT2D eigenvalue weighted by molar-refractivity contribution is -0.136. The first-order chi connectivity index (χ1) is 9.04. The summed E-state index contributed by atoms with van der Waals surface area (Å²) in [6.45, 7) is 1.72. The fourth-order valence-electron chi connectivity index (χ4n) is 2.30. The summed E-state index contributed by atoms with van der Waals surface area (Å²) in [5, 5.41) is 2.69. The van der Waals surface area contributed by atoms with Gasteiger partial charge in [-0.05, 0) is 18.6 Å². The third-order valence-electron chi connectivity index (χ3n) is 3.15. The second-order valence-corrected chi connectivity index (χ2v) is 5.21. The van der Waals surface area contributed by atoms with E-state index in [1.165, 1.54) is 7.11 Å². The predicted molar refractivity (Wildman–Crippen MR) is 74.4 cm³/mol. The van der Waals surface area contributed by atoms with Crippen molar-refractivity contribution in [2.24, 2.45) is 0 Å². The van der Waals surface area contributed by atoms with Crippen LogP contribution in [-0.2, 0) is 14.3 Å². The van der Waals surface area contributed by atoms with Crippen molar-refractivity contribution in [3.05, 3.63) is 45.6 Å². The van der Waals surface area contributed by atoms with Crippen LogP contribution in [0.5, 0.6) is 0 Å². The number of benzene rings is 1. The van der Waals surface area contributed by atoms with Crippen LogP contribution in [0.1, 0.15) is 24.8 Å². The van der Waals surface area contributed by atoms with E-state index in [-0.39, 0.29) is 18.2 Å². The van der Waals surface area contributed by atoms with Gasteiger partial charge in [-0.2, -0.15) is 0 Å². The molecule has 19 heavy (non-hydrogen) atoms. The van der Waals surface area contributed by atoms with E-state index in [0.29, 0.717) is 11.3 Å². The van der Waals surface area contributed by atoms with Gasteiger partial charge in [-0.3, -0.25) is 4.79 Å². The van der Waals surface area contributed by atoms with Gasteiger partial charge in [0.25, 0.3) is 0 Å². The Bertz CT molecular complexity index is 566. The van der Waals surface area contributed by atoms with Crippen LogP contribution in [0.3, 0.4) is 0 Å². The Morgan fingerprint density at radius 1 is 1.42 bits per heavy atom. The van der Waals surface area contributed by atoms with Crippen molar-refractivity contribution in [1.82, 2.24) is 5.32 Å². The van der Waals surface area contributed by atoms with Crippen LogP contribution < -0.4 is 5.32 Å². The van der Waals surface area contributed by atoms with Crippen LogP contribution in [-0.4, -0.2) is 19.0 Å². The van der Waals surface area contributed by atoms with E-state index < -0.39 is 5.97 Å². The van der Waals surface area contributed by atoms with E-state index in [0.717, 1.165) is 10.0 Å². The molecule has 0 unspecified atom stereocenters. The number of hydrogen-bond acceptors (Lipinski definition) is 3. The number of carbonyl (C=O) groups is 2. The van der Waals surface area contributed by atoms with Gasteiger partial charge in [0.2, 0.25) is 5.91 Å². The zero-order chi connectivity index (χ0) is 14.0. The molecule has 4 nitrogen and oxygen atoms in total. The maximum absolute atomic E-state index is 11.9. The minimum atomic E-state index is -0.404. The molecule has 0 fully saturated rings. The summed E-state index contributed by atoms with van der Waals surface area (Å²) < 4.78 is 5.70. The number of ether oxygens (including phenoxy) is 1. The second-order valence-electron chi connectivity index (χ2n) is 4.36. The Balaban J connectivity index is 2.53. The van der Waals surface area contributed by atoms with Crippen LogP contribution in [0.25, 0.3) is 0 Å². The van der Waals surface area contributed by atoms with E-state index in [9.17, 15) is 9.59 Å². The molecule has 1 aromatic carbocycles. The summed E-state index contributed by atoms with van der Waals surface area (Å²) in [6, 6.07) is 7.58. The number of allylic oxidation sites excluding steroid dienone is 1. The van der Waals surface area contributed by atoms with Crippen molar-refractivity contribution in [2.75, 3.05) is 7.11 Å². The molecule has 0 radical (unpaired) electrons. The molecule has 0 aliphatic carbocycles. The summed E-state index contributed by atoms with van der Waals surface area (Å²) in [4.78, 5) is 23.6. The Morgan fingerprint density at radius 3 is 2.74 bits per heavy atom. The molecule has 1 N–H and O–H groups in total. The number of rotatable bonds is 2. The largest absolute Gasteiger partial charge is 0.466 e. The SMILES string of the molecule is COC(=O)C1=C(C)NC(=O)C[C@@H]1c1ccccc1Br. The first-order valence-corrected chi connectivity index (χ1v) is 6.67. The molecule has 1 heterocycles. The van der Waals surface area contributed by atoms with Crippen molar-refractivity contribution in [3.63, 3.8) is 0 Å². The lowest BCUT2D eigenvalue weighted by atomic mass is 9.84. The Morgan fingerprint density at radius 2 is 2.11 bits per heavy atom. The predicted octanol–water partition coefficient (Wildman–Crippen LogP) is 2.50. The number of amides is 1. The highest BCUT2D eigenvalue weighted by atomic mass is 79.9. The van der Waals surface area contributed by atoms with E-state index >= 15 is 0 Å². The van der Waals surface area contributed by atoms with E-state index in [2.05, 4.69) is 21.2 Å².